The first-order chi connectivity index (χ1) is 33.7. The number of fused-ring (bicyclic) bond motifs is 3. The van der Waals surface area contributed by atoms with Crippen molar-refractivity contribution in [3.8, 4) is 43.1 Å². The van der Waals surface area contributed by atoms with Crippen LogP contribution in [0.5, 0.6) is 0 Å². The monoisotopic (exact) mass is 890 g/mol. The van der Waals surface area contributed by atoms with E-state index in [1.54, 1.807) is 0 Å². The summed E-state index contributed by atoms with van der Waals surface area (Å²) in [5.41, 5.74) is 13.2. The topological polar surface area (TPSA) is 15.3 Å². The van der Waals surface area contributed by atoms with E-state index in [0.29, 0.717) is 0 Å². The molecule has 9 aromatic carbocycles. The Balaban J connectivity index is 0.000000786. The van der Waals surface area contributed by atoms with Crippen LogP contribution in [0.15, 0.2) is 272 Å². The number of allylic oxidation sites excluding steroid dienone is 9. The molecule has 0 fully saturated rings. The van der Waals surface area contributed by atoms with Gasteiger partial charge in [-0.1, -0.05) is 182 Å². The molecule has 0 atom stereocenters. The molecule has 0 saturated carbocycles. The first-order valence-corrected chi connectivity index (χ1v) is 24.4. The van der Waals surface area contributed by atoms with E-state index in [9.17, 15) is 0 Å². The van der Waals surface area contributed by atoms with Crippen LogP contribution in [0.25, 0.3) is 75.5 Å². The minimum atomic E-state index is 0.941. The number of hydrogen-bond donors (Lipinski definition) is 1. The Morgan fingerprint density at radius 2 is 0.971 bits per heavy atom. The van der Waals surface area contributed by atoms with Crippen LogP contribution in [0.2, 0.25) is 0 Å². The summed E-state index contributed by atoms with van der Waals surface area (Å²) in [7, 11) is 0. The lowest BCUT2D eigenvalue weighted by molar-refractivity contribution is 0.901. The van der Waals surface area contributed by atoms with E-state index in [1.165, 1.54) is 86.8 Å². The van der Waals surface area contributed by atoms with Crippen LogP contribution in [0, 0.1) is 0 Å². The molecule has 10 aromatic rings. The third kappa shape index (κ3) is 9.00. The molecule has 326 valence electrons. The van der Waals surface area contributed by atoms with Gasteiger partial charge in [0, 0.05) is 38.2 Å². The molecule has 1 heterocycles. The molecule has 12 rings (SSSR count). The lowest BCUT2D eigenvalue weighted by Crippen LogP contribution is -2.21. The van der Waals surface area contributed by atoms with Crippen molar-refractivity contribution < 1.29 is 0 Å². The quantitative estimate of drug-likeness (QED) is 0.145. The van der Waals surface area contributed by atoms with Gasteiger partial charge in [-0.3, -0.25) is 0 Å². The molecule has 1 N–H and O–H groups in total. The highest BCUT2D eigenvalue weighted by Gasteiger charge is 2.21. The zero-order chi connectivity index (χ0) is 45.5. The zero-order valence-corrected chi connectivity index (χ0v) is 38.6. The van der Waals surface area contributed by atoms with E-state index in [0.717, 1.165) is 36.3 Å². The Labute approximate surface area is 403 Å². The van der Waals surface area contributed by atoms with Gasteiger partial charge in [-0.25, -0.2) is 0 Å². The van der Waals surface area contributed by atoms with Crippen LogP contribution in [0.4, 0.5) is 17.1 Å². The Morgan fingerprint density at radius 1 is 0.412 bits per heavy atom. The number of hydrogen-bond acceptors (Lipinski definition) is 3. The van der Waals surface area contributed by atoms with Gasteiger partial charge < -0.3 is 10.2 Å². The van der Waals surface area contributed by atoms with E-state index in [1.807, 2.05) is 53.8 Å². The van der Waals surface area contributed by atoms with Crippen LogP contribution in [0.3, 0.4) is 0 Å². The normalized spacial score (nSPS) is 13.1. The van der Waals surface area contributed by atoms with Gasteiger partial charge in [0.25, 0.3) is 0 Å². The van der Waals surface area contributed by atoms with Gasteiger partial charge >= 0.3 is 0 Å². The van der Waals surface area contributed by atoms with Crippen LogP contribution in [-0.2, 0) is 0 Å². The minimum Gasteiger partial charge on any atom is -0.356 e. The van der Waals surface area contributed by atoms with Crippen molar-refractivity contribution in [1.29, 1.82) is 0 Å². The molecular weight excluding hydrogens is 841 g/mol. The van der Waals surface area contributed by atoms with Crippen LogP contribution < -0.4 is 10.2 Å². The van der Waals surface area contributed by atoms with Crippen molar-refractivity contribution in [1.82, 2.24) is 0 Å². The summed E-state index contributed by atoms with van der Waals surface area (Å²) in [6.07, 6.45) is 20.8. The van der Waals surface area contributed by atoms with E-state index in [2.05, 4.69) is 229 Å². The van der Waals surface area contributed by atoms with Crippen molar-refractivity contribution >= 4 is 60.7 Å². The summed E-state index contributed by atoms with van der Waals surface area (Å²) in [5, 5.41) is 11.1. The molecule has 2 aliphatic carbocycles. The molecule has 0 amide bonds. The second-order valence-corrected chi connectivity index (χ2v) is 18.3. The Morgan fingerprint density at radius 3 is 1.68 bits per heavy atom. The van der Waals surface area contributed by atoms with Gasteiger partial charge in [-0.2, -0.15) is 0 Å². The summed E-state index contributed by atoms with van der Waals surface area (Å²) in [6, 6.07) is 76.6. The summed E-state index contributed by atoms with van der Waals surface area (Å²) >= 11 is 1.86. The van der Waals surface area contributed by atoms with Gasteiger partial charge in [0.2, 0.25) is 0 Å². The van der Waals surface area contributed by atoms with Crippen molar-refractivity contribution in [3.63, 3.8) is 0 Å². The highest BCUT2D eigenvalue weighted by molar-refractivity contribution is 7.18. The SMILES string of the molecule is C1=CCC=CC(N(C2=CC=CCC2)c2ccc(-c3c4ccccc4c(-c4ccc(Nc5ccccc5)cc4)c4cc(-c5ccc(-c6ccc7ccccc7c6)s5)ccc34)cc2)=C1.c1ccccc1. The van der Waals surface area contributed by atoms with Gasteiger partial charge in [0.15, 0.2) is 0 Å². The van der Waals surface area contributed by atoms with Crippen molar-refractivity contribution in [2.24, 2.45) is 0 Å². The number of thiophene rings is 1. The summed E-state index contributed by atoms with van der Waals surface area (Å²) in [5.74, 6) is 0. The van der Waals surface area contributed by atoms with E-state index >= 15 is 0 Å². The molecule has 0 bridgehead atoms. The van der Waals surface area contributed by atoms with E-state index in [-0.39, 0.29) is 0 Å². The van der Waals surface area contributed by atoms with Gasteiger partial charge in [0.05, 0.1) is 0 Å². The number of anilines is 3. The predicted octanol–water partition coefficient (Wildman–Crippen LogP) is 18.7. The van der Waals surface area contributed by atoms with E-state index in [4.69, 9.17) is 0 Å². The molecule has 1 aromatic heterocycles. The fraction of sp³-hybridized carbons (Fsp3) is 0.0462. The fourth-order valence-corrected chi connectivity index (χ4v) is 10.5. The summed E-state index contributed by atoms with van der Waals surface area (Å²) in [6.45, 7) is 0. The molecule has 3 heteroatoms. The smallest absolute Gasteiger partial charge is 0.0458 e. The molecule has 0 saturated heterocycles. The lowest BCUT2D eigenvalue weighted by Gasteiger charge is -2.30. The molecule has 68 heavy (non-hydrogen) atoms. The highest BCUT2D eigenvalue weighted by atomic mass is 32.1. The Hall–Kier alpha value is -8.24. The van der Waals surface area contributed by atoms with Gasteiger partial charge in [0.1, 0.15) is 0 Å². The third-order valence-electron chi connectivity index (χ3n) is 12.8. The van der Waals surface area contributed by atoms with Crippen molar-refractivity contribution in [3.05, 3.63) is 272 Å². The van der Waals surface area contributed by atoms with Gasteiger partial charge in [-0.05, 0) is 164 Å². The Kier molecular flexibility index (Phi) is 12.3. The molecule has 0 radical (unpaired) electrons. The first kappa shape index (κ1) is 42.4. The molecule has 0 aliphatic heterocycles. The van der Waals surface area contributed by atoms with Gasteiger partial charge in [-0.15, -0.1) is 11.3 Å². The number of para-hydroxylation sites is 1. The molecule has 2 nitrogen and oxygen atoms in total. The number of nitrogens with one attached hydrogen (secondary N) is 1. The summed E-state index contributed by atoms with van der Waals surface area (Å²) < 4.78 is 0. The van der Waals surface area contributed by atoms with E-state index < -0.39 is 0 Å². The predicted molar refractivity (Wildman–Crippen MR) is 295 cm³/mol. The number of rotatable bonds is 9. The zero-order valence-electron chi connectivity index (χ0n) is 37.8. The van der Waals surface area contributed by atoms with Crippen LogP contribution in [0.1, 0.15) is 19.3 Å². The van der Waals surface area contributed by atoms with Crippen molar-refractivity contribution in [2.75, 3.05) is 10.2 Å². The summed E-state index contributed by atoms with van der Waals surface area (Å²) in [4.78, 5) is 4.95. The van der Waals surface area contributed by atoms with Crippen LogP contribution in [-0.4, -0.2) is 0 Å². The van der Waals surface area contributed by atoms with Crippen LogP contribution >= 0.6 is 11.3 Å². The second kappa shape index (κ2) is 19.7. The minimum absolute atomic E-state index is 0.941. The number of nitrogens with zero attached hydrogens (tertiary/aromatic N) is 1. The average molecular weight is 891 g/mol. The molecule has 0 unspecified atom stereocenters. The molecular formula is C65H50N2S. The second-order valence-electron chi connectivity index (χ2n) is 17.2. The fourth-order valence-electron chi connectivity index (χ4n) is 9.49. The standard InChI is InChI=1S/C59H44N2S.C6H6/c1-2-8-20-49(19-7-1)61(50-21-9-4-10-22-50)51-34-29-43(30-35-51)58-52-23-13-14-24-53(52)59(42-27-32-48(33-28-42)60-47-17-5-3-6-18-47)55-40-46(31-36-54(55)58)57-38-37-56(62-57)45-26-25-41-15-11-12-16-44(41)39-45;1-2-4-6-5-3-1/h1,3-9,11-21,23-40,60H,2,10,22H2;1-6H. The molecule has 0 spiro atoms. The maximum Gasteiger partial charge on any atom is 0.0458 e. The Bertz CT molecular complexity index is 3510. The highest BCUT2D eigenvalue weighted by Crippen LogP contribution is 2.47. The number of benzene rings is 9. The third-order valence-corrected chi connectivity index (χ3v) is 13.9. The van der Waals surface area contributed by atoms with Crippen molar-refractivity contribution in [2.45, 2.75) is 19.3 Å². The molecule has 2 aliphatic rings. The first-order valence-electron chi connectivity index (χ1n) is 23.5. The maximum atomic E-state index is 3.58. The maximum absolute atomic E-state index is 3.58. The lowest BCUT2D eigenvalue weighted by atomic mass is 9.85. The average Bonchev–Trinajstić information content (AvgIpc) is 3.76. The largest absolute Gasteiger partial charge is 0.356 e.